The summed E-state index contributed by atoms with van der Waals surface area (Å²) in [6.07, 6.45) is 10.6. The Balaban J connectivity index is 0.000000252. The molecule has 0 aromatic rings. The fourth-order valence-electron chi connectivity index (χ4n) is 1.12. The Hall–Kier alpha value is -0.365. The Labute approximate surface area is 84.2 Å². The van der Waals surface area contributed by atoms with Gasteiger partial charge in [-0.3, -0.25) is 0 Å². The lowest BCUT2D eigenvalue weighted by atomic mass is 9.37. The summed E-state index contributed by atoms with van der Waals surface area (Å²) in [5.74, 6) is 0.281. The molecule has 0 aliphatic heterocycles. The molecule has 0 radical (unpaired) electrons. The van der Waals surface area contributed by atoms with Gasteiger partial charge < -0.3 is 5.11 Å². The third kappa shape index (κ3) is 7.98. The third-order valence-electron chi connectivity index (χ3n) is 1.96. The molecule has 4 heteroatoms. The summed E-state index contributed by atoms with van der Waals surface area (Å²) in [5.41, 5.74) is 0. The molecule has 0 saturated carbocycles. The van der Waals surface area contributed by atoms with Crippen LogP contribution in [0.2, 0.25) is 13.0 Å². The second kappa shape index (κ2) is 9.72. The number of hydrogen-bond acceptors (Lipinski definition) is 1. The van der Waals surface area contributed by atoms with E-state index in [-0.39, 0.29) is 12.5 Å². The van der Waals surface area contributed by atoms with Crippen molar-refractivity contribution in [1.29, 1.82) is 0 Å². The maximum absolute atomic E-state index is 8.59. The highest BCUT2D eigenvalue weighted by atomic mass is 16.3. The van der Waals surface area contributed by atoms with Crippen LogP contribution < -0.4 is 0 Å². The van der Waals surface area contributed by atoms with Crippen molar-refractivity contribution < 1.29 is 5.11 Å². The van der Waals surface area contributed by atoms with Crippen molar-refractivity contribution in [3.63, 3.8) is 0 Å². The maximum atomic E-state index is 8.59. The van der Waals surface area contributed by atoms with E-state index in [0.29, 0.717) is 0 Å². The van der Waals surface area contributed by atoms with E-state index in [1.807, 2.05) is 12.2 Å². The van der Waals surface area contributed by atoms with Crippen LogP contribution in [0.5, 0.6) is 0 Å². The van der Waals surface area contributed by atoms with Gasteiger partial charge in [-0.05, 0) is 6.42 Å². The van der Waals surface area contributed by atoms with Crippen molar-refractivity contribution in [3.8, 4) is 0 Å². The quantitative estimate of drug-likeness (QED) is 0.471. The second-order valence-electron chi connectivity index (χ2n) is 3.29. The van der Waals surface area contributed by atoms with Crippen LogP contribution in [-0.4, -0.2) is 33.9 Å². The van der Waals surface area contributed by atoms with Crippen LogP contribution in [0.4, 0.5) is 0 Å². The third-order valence-corrected chi connectivity index (χ3v) is 1.96. The molecule has 0 bridgehead atoms. The van der Waals surface area contributed by atoms with E-state index >= 15 is 0 Å². The van der Waals surface area contributed by atoms with Gasteiger partial charge >= 0.3 is 0 Å². The zero-order valence-corrected chi connectivity index (χ0v) is 8.87. The summed E-state index contributed by atoms with van der Waals surface area (Å²) < 4.78 is 0. The van der Waals surface area contributed by atoms with Crippen molar-refractivity contribution in [2.24, 2.45) is 5.92 Å². The first kappa shape index (κ1) is 12.6. The van der Waals surface area contributed by atoms with Gasteiger partial charge in [0, 0.05) is 5.92 Å². The monoisotopic (exact) mass is 176 g/mol. The number of rotatable bonds is 3. The summed E-state index contributed by atoms with van der Waals surface area (Å²) >= 11 is 0. The Morgan fingerprint density at radius 1 is 1.46 bits per heavy atom. The van der Waals surface area contributed by atoms with Gasteiger partial charge in [-0.15, -0.1) is 6.22 Å². The molecule has 0 aromatic heterocycles. The van der Waals surface area contributed by atoms with Gasteiger partial charge in [0.05, 0.1) is 28.8 Å². The molecule has 1 rings (SSSR count). The minimum Gasteiger partial charge on any atom is -0.395 e. The van der Waals surface area contributed by atoms with Crippen LogP contribution in [0.3, 0.4) is 0 Å². The zero-order valence-electron chi connectivity index (χ0n) is 8.87. The first-order chi connectivity index (χ1) is 6.35. The van der Waals surface area contributed by atoms with Crippen molar-refractivity contribution in [2.45, 2.75) is 19.5 Å². The maximum Gasteiger partial charge on any atom is 0.0921 e. The molecule has 1 aliphatic carbocycles. The zero-order chi connectivity index (χ0) is 9.94. The molecule has 1 nitrogen and oxygen atoms in total. The first-order valence-corrected chi connectivity index (χ1v) is 5.29. The highest BCUT2D eigenvalue weighted by Gasteiger charge is 1.97. The highest BCUT2D eigenvalue weighted by Crippen LogP contribution is 2.06. The largest absolute Gasteiger partial charge is 0.395 e. The summed E-state index contributed by atoms with van der Waals surface area (Å²) in [7, 11) is 4.94. The van der Waals surface area contributed by atoms with Crippen LogP contribution in [0.15, 0.2) is 24.3 Å². The number of aliphatic hydroxyl groups is 1. The van der Waals surface area contributed by atoms with Crippen molar-refractivity contribution in [1.82, 2.24) is 0 Å². The van der Waals surface area contributed by atoms with E-state index < -0.39 is 0 Å². The minimum absolute atomic E-state index is 0.243. The van der Waals surface area contributed by atoms with Crippen LogP contribution in [0.1, 0.15) is 6.42 Å². The molecule has 70 valence electrons. The lowest BCUT2D eigenvalue weighted by Crippen LogP contribution is -1.99. The molecule has 13 heavy (non-hydrogen) atoms. The van der Waals surface area contributed by atoms with E-state index in [1.165, 1.54) is 20.6 Å². The van der Waals surface area contributed by atoms with Gasteiger partial charge in [0.1, 0.15) is 0 Å². The van der Waals surface area contributed by atoms with Gasteiger partial charge in [-0.1, -0.05) is 31.1 Å². The molecule has 0 aromatic carbocycles. The molecule has 0 unspecified atom stereocenters. The van der Waals surface area contributed by atoms with Crippen LogP contribution >= 0.6 is 0 Å². The second-order valence-corrected chi connectivity index (χ2v) is 3.29. The molecule has 1 N–H and O–H groups in total. The Kier molecular flexibility index (Phi) is 9.45. The molecule has 0 saturated heterocycles. The Morgan fingerprint density at radius 3 is 2.31 bits per heavy atom. The van der Waals surface area contributed by atoms with E-state index in [4.69, 9.17) is 5.11 Å². The predicted molar refractivity (Wildman–Crippen MR) is 67.0 cm³/mol. The van der Waals surface area contributed by atoms with Crippen molar-refractivity contribution in [2.75, 3.05) is 6.61 Å². The fourth-order valence-corrected chi connectivity index (χ4v) is 1.12. The van der Waals surface area contributed by atoms with Gasteiger partial charge in [0.2, 0.25) is 0 Å². The SMILES string of the molecule is BCBBC.OCC1C=CCC=C1. The van der Waals surface area contributed by atoms with Crippen LogP contribution in [0.25, 0.3) is 0 Å². The van der Waals surface area contributed by atoms with Crippen molar-refractivity contribution in [3.05, 3.63) is 24.3 Å². The van der Waals surface area contributed by atoms with Gasteiger partial charge in [0.25, 0.3) is 0 Å². The molecule has 1 aliphatic rings. The predicted octanol–water partition coefficient (Wildman–Crippen LogP) is -0.0576. The van der Waals surface area contributed by atoms with Gasteiger partial charge in [-0.2, -0.15) is 0 Å². The average Bonchev–Trinajstić information content (AvgIpc) is 2.21. The average molecular weight is 176 g/mol. The lowest BCUT2D eigenvalue weighted by molar-refractivity contribution is 0.273. The fraction of sp³-hybridized carbons (Fsp3) is 0.556. The molecular formula is C9H19B3O. The van der Waals surface area contributed by atoms with Crippen LogP contribution in [-0.2, 0) is 0 Å². The normalized spacial score (nSPS) is 14.6. The van der Waals surface area contributed by atoms with E-state index in [9.17, 15) is 0 Å². The van der Waals surface area contributed by atoms with E-state index in [1.54, 1.807) is 0 Å². The van der Waals surface area contributed by atoms with E-state index in [0.717, 1.165) is 6.42 Å². The molecule has 0 atom stereocenters. The standard InChI is InChI=1S/C7H10O.C2H9B3/c8-6-7-4-2-1-3-5-7;1-4-5-2-3/h2-5,7-8H,1,6H2;4-5H,2-3H2,1H3. The minimum atomic E-state index is 0.243. The lowest BCUT2D eigenvalue weighted by Gasteiger charge is -2.04. The molecule has 0 fully saturated rings. The Bertz CT molecular complexity index is 143. The van der Waals surface area contributed by atoms with Crippen molar-refractivity contribution >= 4 is 22.2 Å². The number of hydrogen-bond donors (Lipinski definition) is 1. The topological polar surface area (TPSA) is 20.2 Å². The number of allylic oxidation sites excluding steroid dienone is 2. The number of aliphatic hydroxyl groups excluding tert-OH is 1. The summed E-state index contributed by atoms with van der Waals surface area (Å²) in [4.78, 5) is 0. The molecule has 0 spiro atoms. The Morgan fingerprint density at radius 2 is 2.08 bits per heavy atom. The molecular weight excluding hydrogens is 157 g/mol. The first-order valence-electron chi connectivity index (χ1n) is 5.29. The highest BCUT2D eigenvalue weighted by molar-refractivity contribution is 7.01. The summed E-state index contributed by atoms with van der Waals surface area (Å²) in [6, 6.07) is 0. The summed E-state index contributed by atoms with van der Waals surface area (Å²) in [5, 5.41) is 8.59. The van der Waals surface area contributed by atoms with Gasteiger partial charge in [0.15, 0.2) is 0 Å². The molecule has 0 heterocycles. The van der Waals surface area contributed by atoms with Crippen LogP contribution in [0, 0.1) is 5.92 Å². The molecule has 0 amide bonds. The smallest absolute Gasteiger partial charge is 0.0921 e. The van der Waals surface area contributed by atoms with E-state index in [2.05, 4.69) is 26.8 Å². The summed E-state index contributed by atoms with van der Waals surface area (Å²) in [6.45, 7) is 2.45. The van der Waals surface area contributed by atoms with Gasteiger partial charge in [-0.25, -0.2) is 0 Å².